The molecule has 12 heteroatoms. The fourth-order valence-corrected chi connectivity index (χ4v) is 5.83. The number of nitrogens with one attached hydrogen (secondary N) is 1. The van der Waals surface area contributed by atoms with Gasteiger partial charge in [-0.05, 0) is 55.7 Å². The molecule has 36 heavy (non-hydrogen) atoms. The first-order valence-corrected chi connectivity index (χ1v) is 14.7. The molecule has 2 aromatic rings. The van der Waals surface area contributed by atoms with Gasteiger partial charge in [0.2, 0.25) is 21.8 Å². The maximum Gasteiger partial charge on any atom is 0.244 e. The highest BCUT2D eigenvalue weighted by atomic mass is 35.5. The Kier molecular flexibility index (Phi) is 9.80. The quantitative estimate of drug-likeness (QED) is 0.413. The van der Waals surface area contributed by atoms with Crippen molar-refractivity contribution in [1.82, 2.24) is 10.2 Å². The average molecular weight is 595 g/mol. The number of sulfonamides is 1. The maximum atomic E-state index is 13.6. The molecule has 0 spiro atoms. The number of nitrogens with zero attached hydrogens (tertiary/aromatic N) is 2. The Hall–Kier alpha value is -1.71. The van der Waals surface area contributed by atoms with Crippen LogP contribution in [0.5, 0.6) is 0 Å². The lowest BCUT2D eigenvalue weighted by atomic mass is 10.1. The number of carbonyl (C=O) groups is 2. The first kappa shape index (κ1) is 28.9. The van der Waals surface area contributed by atoms with Crippen molar-refractivity contribution in [3.05, 3.63) is 62.1 Å². The van der Waals surface area contributed by atoms with Crippen molar-refractivity contribution in [2.75, 3.05) is 17.1 Å². The number of carbonyl (C=O) groups excluding carboxylic acids is 2. The van der Waals surface area contributed by atoms with E-state index >= 15 is 0 Å². The number of rotatable bonds is 9. The zero-order valence-electron chi connectivity index (χ0n) is 19.8. The molecule has 0 unspecified atom stereocenters. The minimum absolute atomic E-state index is 0.0148. The third-order valence-corrected chi connectivity index (χ3v) is 8.47. The van der Waals surface area contributed by atoms with Gasteiger partial charge in [-0.15, -0.1) is 0 Å². The maximum absolute atomic E-state index is 13.6. The van der Waals surface area contributed by atoms with Gasteiger partial charge in [-0.3, -0.25) is 13.9 Å². The summed E-state index contributed by atoms with van der Waals surface area (Å²) in [5.74, 6) is -0.905. The predicted octanol–water partition coefficient (Wildman–Crippen LogP) is 5.54. The minimum atomic E-state index is -3.91. The molecule has 196 valence electrons. The Labute approximate surface area is 231 Å². The normalized spacial score (nSPS) is 14.9. The monoisotopic (exact) mass is 593 g/mol. The van der Waals surface area contributed by atoms with E-state index in [0.29, 0.717) is 20.6 Å². The molecule has 0 radical (unpaired) electrons. The van der Waals surface area contributed by atoms with Gasteiger partial charge in [0.15, 0.2) is 0 Å². The summed E-state index contributed by atoms with van der Waals surface area (Å²) >= 11 is 24.4. The van der Waals surface area contributed by atoms with Crippen LogP contribution >= 0.6 is 46.4 Å². The molecule has 1 N–H and O–H groups in total. The van der Waals surface area contributed by atoms with E-state index in [-0.39, 0.29) is 29.2 Å². The second kappa shape index (κ2) is 12.2. The largest absolute Gasteiger partial charge is 0.352 e. The Morgan fingerprint density at radius 1 is 1.00 bits per heavy atom. The summed E-state index contributed by atoms with van der Waals surface area (Å²) in [5, 5.41) is 4.05. The van der Waals surface area contributed by atoms with E-state index in [9.17, 15) is 18.0 Å². The van der Waals surface area contributed by atoms with Gasteiger partial charge in [-0.2, -0.15) is 0 Å². The van der Waals surface area contributed by atoms with Gasteiger partial charge in [-0.25, -0.2) is 8.42 Å². The van der Waals surface area contributed by atoms with Crippen molar-refractivity contribution in [2.45, 2.75) is 51.2 Å². The standard InChI is InChI=1S/C24H27Cl4N3O4S/c1-15(24(33)29-18-5-3-4-6-18)30(13-16-7-9-19(26)20(27)11-16)23(32)14-31(36(2,34)35)22-10-8-17(25)12-21(22)28/h7-12,15,18H,3-6,13-14H2,1-2H3,(H,29,33)/t15-/m0/s1. The van der Waals surface area contributed by atoms with Crippen LogP contribution in [0.25, 0.3) is 0 Å². The van der Waals surface area contributed by atoms with Crippen LogP contribution in [0, 0.1) is 0 Å². The molecule has 2 aromatic carbocycles. The van der Waals surface area contributed by atoms with Gasteiger partial charge in [0, 0.05) is 17.6 Å². The van der Waals surface area contributed by atoms with Crippen molar-refractivity contribution in [1.29, 1.82) is 0 Å². The number of halogens is 4. The second-order valence-electron chi connectivity index (χ2n) is 8.80. The topological polar surface area (TPSA) is 86.8 Å². The number of anilines is 1. The van der Waals surface area contributed by atoms with Crippen molar-refractivity contribution in [3.8, 4) is 0 Å². The molecule has 0 heterocycles. The van der Waals surface area contributed by atoms with E-state index in [1.165, 1.54) is 23.1 Å². The highest BCUT2D eigenvalue weighted by Gasteiger charge is 2.32. The van der Waals surface area contributed by atoms with Crippen LogP contribution in [0.3, 0.4) is 0 Å². The number of hydrogen-bond acceptors (Lipinski definition) is 4. The molecule has 7 nitrogen and oxygen atoms in total. The fourth-order valence-electron chi connectivity index (χ4n) is 4.09. The second-order valence-corrected chi connectivity index (χ2v) is 12.4. The molecule has 1 saturated carbocycles. The predicted molar refractivity (Wildman–Crippen MR) is 146 cm³/mol. The number of hydrogen-bond donors (Lipinski definition) is 1. The fraction of sp³-hybridized carbons (Fsp3) is 0.417. The van der Waals surface area contributed by atoms with Crippen LogP contribution in [0.1, 0.15) is 38.2 Å². The van der Waals surface area contributed by atoms with Crippen molar-refractivity contribution in [3.63, 3.8) is 0 Å². The van der Waals surface area contributed by atoms with Gasteiger partial charge < -0.3 is 10.2 Å². The Morgan fingerprint density at radius 3 is 2.25 bits per heavy atom. The van der Waals surface area contributed by atoms with Crippen molar-refractivity contribution < 1.29 is 18.0 Å². The van der Waals surface area contributed by atoms with Crippen LogP contribution in [-0.4, -0.2) is 50.0 Å². The molecular formula is C24H27Cl4N3O4S. The van der Waals surface area contributed by atoms with Gasteiger partial charge in [-0.1, -0.05) is 65.3 Å². The van der Waals surface area contributed by atoms with Crippen LogP contribution in [0.4, 0.5) is 5.69 Å². The highest BCUT2D eigenvalue weighted by Crippen LogP contribution is 2.31. The van der Waals surface area contributed by atoms with E-state index < -0.39 is 28.5 Å². The molecule has 0 aromatic heterocycles. The summed E-state index contributed by atoms with van der Waals surface area (Å²) in [6.07, 6.45) is 4.82. The third-order valence-electron chi connectivity index (χ3n) is 6.06. The van der Waals surface area contributed by atoms with Crippen LogP contribution in [-0.2, 0) is 26.2 Å². The average Bonchev–Trinajstić information content (AvgIpc) is 3.30. The molecule has 2 amide bonds. The van der Waals surface area contributed by atoms with E-state index in [0.717, 1.165) is 36.2 Å². The summed E-state index contributed by atoms with van der Waals surface area (Å²) < 4.78 is 26.2. The smallest absolute Gasteiger partial charge is 0.244 e. The molecule has 1 fully saturated rings. The Balaban J connectivity index is 1.92. The Bertz CT molecular complexity index is 1240. The minimum Gasteiger partial charge on any atom is -0.352 e. The van der Waals surface area contributed by atoms with E-state index in [4.69, 9.17) is 46.4 Å². The molecule has 0 bridgehead atoms. The first-order chi connectivity index (χ1) is 16.9. The zero-order valence-corrected chi connectivity index (χ0v) is 23.6. The molecule has 0 saturated heterocycles. The van der Waals surface area contributed by atoms with E-state index in [1.807, 2.05) is 0 Å². The molecule has 1 atom stereocenters. The van der Waals surface area contributed by atoms with Crippen LogP contribution in [0.15, 0.2) is 36.4 Å². The first-order valence-electron chi connectivity index (χ1n) is 11.3. The molecule has 1 aliphatic carbocycles. The lowest BCUT2D eigenvalue weighted by molar-refractivity contribution is -0.139. The van der Waals surface area contributed by atoms with Gasteiger partial charge >= 0.3 is 0 Å². The van der Waals surface area contributed by atoms with Crippen LogP contribution < -0.4 is 9.62 Å². The molecule has 3 rings (SSSR count). The van der Waals surface area contributed by atoms with Gasteiger partial charge in [0.1, 0.15) is 12.6 Å². The van der Waals surface area contributed by atoms with E-state index in [1.54, 1.807) is 25.1 Å². The summed E-state index contributed by atoms with van der Waals surface area (Å²) in [4.78, 5) is 28.0. The highest BCUT2D eigenvalue weighted by molar-refractivity contribution is 7.92. The SMILES string of the molecule is C[C@@H](C(=O)NC1CCCC1)N(Cc1ccc(Cl)c(Cl)c1)C(=O)CN(c1ccc(Cl)cc1Cl)S(C)(=O)=O. The van der Waals surface area contributed by atoms with Gasteiger partial charge in [0.05, 0.1) is 27.0 Å². The van der Waals surface area contributed by atoms with Crippen molar-refractivity contribution >= 4 is 73.9 Å². The summed E-state index contributed by atoms with van der Waals surface area (Å²) in [6.45, 7) is 1.06. The Morgan fingerprint density at radius 2 is 1.67 bits per heavy atom. The summed E-state index contributed by atoms with van der Waals surface area (Å²) in [7, 11) is -3.91. The summed E-state index contributed by atoms with van der Waals surface area (Å²) in [6, 6.07) is 8.39. The molecule has 0 aliphatic heterocycles. The molecule has 1 aliphatic rings. The van der Waals surface area contributed by atoms with E-state index in [2.05, 4.69) is 5.32 Å². The number of benzene rings is 2. The zero-order chi connectivity index (χ0) is 26.6. The molecular weight excluding hydrogens is 568 g/mol. The number of amides is 2. The lowest BCUT2D eigenvalue weighted by Gasteiger charge is -2.32. The van der Waals surface area contributed by atoms with Gasteiger partial charge in [0.25, 0.3) is 0 Å². The van der Waals surface area contributed by atoms with Crippen molar-refractivity contribution in [2.24, 2.45) is 0 Å². The summed E-state index contributed by atoms with van der Waals surface area (Å²) in [5.41, 5.74) is 0.739. The lowest BCUT2D eigenvalue weighted by Crippen LogP contribution is -2.52. The third kappa shape index (κ3) is 7.42. The van der Waals surface area contributed by atoms with Crippen LogP contribution in [0.2, 0.25) is 20.1 Å².